The van der Waals surface area contributed by atoms with Crippen molar-refractivity contribution in [1.82, 2.24) is 25.5 Å². The summed E-state index contributed by atoms with van der Waals surface area (Å²) in [6.45, 7) is 7.40. The molecule has 0 fully saturated rings. The minimum atomic E-state index is 0.0867. The van der Waals surface area contributed by atoms with Gasteiger partial charge in [-0.25, -0.2) is 0 Å². The second-order valence-electron chi connectivity index (χ2n) is 6.28. The summed E-state index contributed by atoms with van der Waals surface area (Å²) in [7, 11) is 1.79. The van der Waals surface area contributed by atoms with Crippen LogP contribution in [0.2, 0.25) is 0 Å². The summed E-state index contributed by atoms with van der Waals surface area (Å²) in [6, 6.07) is 8.44. The maximum absolute atomic E-state index is 4.30. The summed E-state index contributed by atoms with van der Waals surface area (Å²) >= 11 is 3.48. The SMILES string of the molecule is Cn1nnc(CC(CNC(C)(C)C)c2ccc(Br)cc2)n1. The lowest BCUT2D eigenvalue weighted by Gasteiger charge is -2.25. The van der Waals surface area contributed by atoms with Crippen molar-refractivity contribution in [2.45, 2.75) is 38.6 Å². The van der Waals surface area contributed by atoms with Gasteiger partial charge in [0.2, 0.25) is 0 Å². The van der Waals surface area contributed by atoms with E-state index in [1.165, 1.54) is 10.4 Å². The lowest BCUT2D eigenvalue weighted by atomic mass is 9.94. The lowest BCUT2D eigenvalue weighted by molar-refractivity contribution is 0.403. The molecule has 0 saturated heterocycles. The number of hydrogen-bond acceptors (Lipinski definition) is 4. The van der Waals surface area contributed by atoms with Gasteiger partial charge in [-0.1, -0.05) is 28.1 Å². The van der Waals surface area contributed by atoms with Crippen molar-refractivity contribution >= 4 is 15.9 Å². The highest BCUT2D eigenvalue weighted by Gasteiger charge is 2.18. The molecule has 114 valence electrons. The largest absolute Gasteiger partial charge is 0.311 e. The molecule has 0 aliphatic carbocycles. The average molecular weight is 352 g/mol. The second kappa shape index (κ2) is 6.66. The highest BCUT2D eigenvalue weighted by Crippen LogP contribution is 2.22. The summed E-state index contributed by atoms with van der Waals surface area (Å²) in [5.41, 5.74) is 1.37. The Bertz CT molecular complexity index is 570. The first-order valence-corrected chi connectivity index (χ1v) is 7.86. The van der Waals surface area contributed by atoms with Gasteiger partial charge in [-0.05, 0) is 43.7 Å². The van der Waals surface area contributed by atoms with Crippen LogP contribution in [0.5, 0.6) is 0 Å². The van der Waals surface area contributed by atoms with Crippen LogP contribution in [0.4, 0.5) is 0 Å². The number of aromatic nitrogens is 4. The smallest absolute Gasteiger partial charge is 0.175 e. The van der Waals surface area contributed by atoms with E-state index in [-0.39, 0.29) is 5.54 Å². The fourth-order valence-electron chi connectivity index (χ4n) is 2.10. The third kappa shape index (κ3) is 5.21. The van der Waals surface area contributed by atoms with E-state index in [0.717, 1.165) is 23.3 Å². The number of nitrogens with one attached hydrogen (secondary N) is 1. The number of hydrogen-bond donors (Lipinski definition) is 1. The zero-order valence-electron chi connectivity index (χ0n) is 13.0. The molecular formula is C15H22BrN5. The number of aryl methyl sites for hydroxylation is 1. The summed E-state index contributed by atoms with van der Waals surface area (Å²) < 4.78 is 1.09. The first-order valence-electron chi connectivity index (χ1n) is 7.07. The standard InChI is InChI=1S/C15H22BrN5/c1-15(2,3)17-10-12(9-14-18-20-21(4)19-14)11-5-7-13(16)8-6-11/h5-8,12,17H,9-10H2,1-4H3. The Kier molecular flexibility index (Phi) is 5.11. The Morgan fingerprint density at radius 3 is 2.43 bits per heavy atom. The van der Waals surface area contributed by atoms with Crippen LogP contribution in [0.3, 0.4) is 0 Å². The van der Waals surface area contributed by atoms with E-state index < -0.39 is 0 Å². The molecule has 0 bridgehead atoms. The Hall–Kier alpha value is -1.27. The van der Waals surface area contributed by atoms with Crippen molar-refractivity contribution < 1.29 is 0 Å². The monoisotopic (exact) mass is 351 g/mol. The molecular weight excluding hydrogens is 330 g/mol. The Labute approximate surface area is 134 Å². The van der Waals surface area contributed by atoms with E-state index in [1.54, 1.807) is 7.05 Å². The topological polar surface area (TPSA) is 55.6 Å². The molecule has 1 unspecified atom stereocenters. The molecule has 0 saturated carbocycles. The predicted octanol–water partition coefficient (Wildman–Crippen LogP) is 2.69. The van der Waals surface area contributed by atoms with Gasteiger partial charge in [0.1, 0.15) is 0 Å². The average Bonchev–Trinajstić information content (AvgIpc) is 2.80. The Morgan fingerprint density at radius 2 is 1.90 bits per heavy atom. The van der Waals surface area contributed by atoms with Crippen molar-refractivity contribution in [1.29, 1.82) is 0 Å². The molecule has 2 rings (SSSR count). The predicted molar refractivity (Wildman–Crippen MR) is 87.1 cm³/mol. The first kappa shape index (κ1) is 16.1. The van der Waals surface area contributed by atoms with Gasteiger partial charge < -0.3 is 5.32 Å². The summed E-state index contributed by atoms with van der Waals surface area (Å²) in [6.07, 6.45) is 0.776. The van der Waals surface area contributed by atoms with Gasteiger partial charge in [-0.2, -0.15) is 4.80 Å². The molecule has 0 radical (unpaired) electrons. The molecule has 1 atom stereocenters. The Morgan fingerprint density at radius 1 is 1.24 bits per heavy atom. The molecule has 21 heavy (non-hydrogen) atoms. The van der Waals surface area contributed by atoms with Gasteiger partial charge in [0.05, 0.1) is 7.05 Å². The minimum absolute atomic E-state index is 0.0867. The number of rotatable bonds is 5. The normalized spacial score (nSPS) is 13.4. The lowest BCUT2D eigenvalue weighted by Crippen LogP contribution is -2.39. The molecule has 1 aromatic heterocycles. The third-order valence-electron chi connectivity index (χ3n) is 3.20. The summed E-state index contributed by atoms with van der Waals surface area (Å²) in [5.74, 6) is 1.10. The molecule has 1 N–H and O–H groups in total. The van der Waals surface area contributed by atoms with Crippen LogP contribution in [0, 0.1) is 0 Å². The zero-order valence-corrected chi connectivity index (χ0v) is 14.6. The highest BCUT2D eigenvalue weighted by atomic mass is 79.9. The summed E-state index contributed by atoms with van der Waals surface area (Å²) in [4.78, 5) is 1.51. The fourth-order valence-corrected chi connectivity index (χ4v) is 2.36. The fraction of sp³-hybridized carbons (Fsp3) is 0.533. The van der Waals surface area contributed by atoms with E-state index in [4.69, 9.17) is 0 Å². The van der Waals surface area contributed by atoms with Crippen LogP contribution in [0.25, 0.3) is 0 Å². The molecule has 1 aromatic carbocycles. The van der Waals surface area contributed by atoms with Gasteiger partial charge in [0.25, 0.3) is 0 Å². The molecule has 1 heterocycles. The molecule has 0 aliphatic heterocycles. The maximum Gasteiger partial charge on any atom is 0.175 e. The second-order valence-corrected chi connectivity index (χ2v) is 7.19. The number of benzene rings is 1. The Balaban J connectivity index is 2.15. The third-order valence-corrected chi connectivity index (χ3v) is 3.73. The number of halogens is 1. The van der Waals surface area contributed by atoms with Gasteiger partial charge >= 0.3 is 0 Å². The van der Waals surface area contributed by atoms with Gasteiger partial charge in [0.15, 0.2) is 5.82 Å². The van der Waals surface area contributed by atoms with Gasteiger partial charge in [0, 0.05) is 28.9 Å². The van der Waals surface area contributed by atoms with Crippen molar-refractivity contribution in [3.8, 4) is 0 Å². The van der Waals surface area contributed by atoms with Crippen molar-refractivity contribution in [2.75, 3.05) is 6.54 Å². The van der Waals surface area contributed by atoms with Crippen molar-refractivity contribution in [2.24, 2.45) is 7.05 Å². The van der Waals surface area contributed by atoms with E-state index in [1.807, 2.05) is 0 Å². The van der Waals surface area contributed by atoms with Crippen LogP contribution in [-0.2, 0) is 13.5 Å². The molecule has 0 amide bonds. The van der Waals surface area contributed by atoms with Gasteiger partial charge in [-0.3, -0.25) is 0 Å². The minimum Gasteiger partial charge on any atom is -0.311 e. The zero-order chi connectivity index (χ0) is 15.5. The van der Waals surface area contributed by atoms with Crippen molar-refractivity contribution in [3.63, 3.8) is 0 Å². The molecule has 6 heteroatoms. The van der Waals surface area contributed by atoms with Crippen LogP contribution in [0.15, 0.2) is 28.7 Å². The molecule has 0 spiro atoms. The molecule has 2 aromatic rings. The van der Waals surface area contributed by atoms with E-state index in [2.05, 4.69) is 81.7 Å². The quantitative estimate of drug-likeness (QED) is 0.899. The molecule has 5 nitrogen and oxygen atoms in total. The van der Waals surface area contributed by atoms with Crippen LogP contribution in [-0.4, -0.2) is 32.3 Å². The van der Waals surface area contributed by atoms with Crippen LogP contribution in [0.1, 0.15) is 38.1 Å². The van der Waals surface area contributed by atoms with Crippen LogP contribution >= 0.6 is 15.9 Å². The van der Waals surface area contributed by atoms with E-state index in [0.29, 0.717) is 5.92 Å². The number of nitrogens with zero attached hydrogens (tertiary/aromatic N) is 4. The van der Waals surface area contributed by atoms with Crippen molar-refractivity contribution in [3.05, 3.63) is 40.1 Å². The maximum atomic E-state index is 4.30. The van der Waals surface area contributed by atoms with Gasteiger partial charge in [-0.15, -0.1) is 10.2 Å². The highest BCUT2D eigenvalue weighted by molar-refractivity contribution is 9.10. The van der Waals surface area contributed by atoms with E-state index in [9.17, 15) is 0 Å². The first-order chi connectivity index (χ1) is 9.83. The molecule has 0 aliphatic rings. The number of tetrazole rings is 1. The van der Waals surface area contributed by atoms with E-state index >= 15 is 0 Å². The summed E-state index contributed by atoms with van der Waals surface area (Å²) in [5, 5.41) is 15.9. The van der Waals surface area contributed by atoms with Crippen LogP contribution < -0.4 is 5.32 Å².